The van der Waals surface area contributed by atoms with Gasteiger partial charge >= 0.3 is 5.13 Å². The summed E-state index contributed by atoms with van der Waals surface area (Å²) < 4.78 is 0. The van der Waals surface area contributed by atoms with Gasteiger partial charge in [-0.3, -0.25) is 4.79 Å². The Morgan fingerprint density at radius 1 is 1.12 bits per heavy atom. The number of benzene rings is 1. The molecule has 3 aliphatic heterocycles. The average Bonchev–Trinajstić information content (AvgIpc) is 3.70. The molecule has 3 saturated heterocycles. The quantitative estimate of drug-likeness (QED) is 0.329. The summed E-state index contributed by atoms with van der Waals surface area (Å²) in [5.41, 5.74) is 2.94. The average molecular weight is 630 g/mol. The third-order valence-corrected chi connectivity index (χ3v) is 11.9. The van der Waals surface area contributed by atoms with E-state index in [1.165, 1.54) is 55.2 Å². The SMILES string of the molecule is CCC(CC)[C@@H]1C[C@H](c2ccccc2)CCN1C(=O)[C@@H]1C[NH2+]C[C@]12CCCc1[nH+]c([NH+]3CCCC3)sc12.[Cl-].[Cl-].[Cl-]. The highest BCUT2D eigenvalue weighted by molar-refractivity contribution is 7.14. The Labute approximate surface area is 263 Å². The summed E-state index contributed by atoms with van der Waals surface area (Å²) in [5.74, 6) is 1.73. The number of carbonyl (C=O) groups is 1. The fourth-order valence-electron chi connectivity index (χ4n) is 8.36. The van der Waals surface area contributed by atoms with Crippen LogP contribution in [-0.2, 0) is 16.6 Å². The number of aromatic amines is 1. The molecule has 0 unspecified atom stereocenters. The van der Waals surface area contributed by atoms with Crippen molar-refractivity contribution in [2.75, 3.05) is 32.7 Å². The summed E-state index contributed by atoms with van der Waals surface area (Å²) in [7, 11) is 0. The molecule has 4 atom stereocenters. The van der Waals surface area contributed by atoms with Crippen molar-refractivity contribution in [2.45, 2.75) is 89.0 Å². The number of aromatic nitrogens is 1. The zero-order valence-electron chi connectivity index (χ0n) is 24.1. The third-order valence-electron chi connectivity index (χ3n) is 10.4. The van der Waals surface area contributed by atoms with Crippen LogP contribution in [0.2, 0.25) is 0 Å². The van der Waals surface area contributed by atoms with Crippen molar-refractivity contribution in [3.8, 4) is 0 Å². The van der Waals surface area contributed by atoms with Gasteiger partial charge in [0.25, 0.3) is 0 Å². The molecule has 1 spiro atoms. The number of hydrogen-bond acceptors (Lipinski definition) is 2. The molecule has 4 heterocycles. The number of piperidine rings is 1. The van der Waals surface area contributed by atoms with Crippen LogP contribution in [0.4, 0.5) is 5.13 Å². The molecule has 3 fully saturated rings. The number of H-pyrrole nitrogens is 1. The Hall–Kier alpha value is -0.890. The summed E-state index contributed by atoms with van der Waals surface area (Å²) >= 11 is 2.03. The lowest BCUT2D eigenvalue weighted by atomic mass is 9.68. The number of aryl methyl sites for hydroxylation is 1. The zero-order valence-corrected chi connectivity index (χ0v) is 27.2. The van der Waals surface area contributed by atoms with Crippen LogP contribution in [0.15, 0.2) is 30.3 Å². The van der Waals surface area contributed by atoms with Crippen molar-refractivity contribution < 1.29 is 57.2 Å². The van der Waals surface area contributed by atoms with Gasteiger partial charge in [-0.15, -0.1) is 0 Å². The Bertz CT molecular complexity index is 1090. The van der Waals surface area contributed by atoms with Crippen molar-refractivity contribution in [1.29, 1.82) is 0 Å². The van der Waals surface area contributed by atoms with E-state index >= 15 is 0 Å². The lowest BCUT2D eigenvalue weighted by Crippen LogP contribution is -3.05. The van der Waals surface area contributed by atoms with Crippen LogP contribution in [0.5, 0.6) is 0 Å². The van der Waals surface area contributed by atoms with Crippen LogP contribution in [0.1, 0.15) is 87.3 Å². The Balaban J connectivity index is 0.00000147. The van der Waals surface area contributed by atoms with Gasteiger partial charge < -0.3 is 47.4 Å². The number of nitrogens with zero attached hydrogens (tertiary/aromatic N) is 1. The number of nitrogens with one attached hydrogen (secondary N) is 2. The van der Waals surface area contributed by atoms with Crippen LogP contribution in [0.25, 0.3) is 0 Å². The molecule has 5 nitrogen and oxygen atoms in total. The highest BCUT2D eigenvalue weighted by Gasteiger charge is 2.58. The minimum absolute atomic E-state index is 0. The second-order valence-electron chi connectivity index (χ2n) is 12.3. The molecule has 0 radical (unpaired) electrons. The van der Waals surface area contributed by atoms with E-state index in [1.54, 1.807) is 9.78 Å². The molecule has 1 aromatic carbocycles. The van der Waals surface area contributed by atoms with Crippen molar-refractivity contribution in [3.63, 3.8) is 0 Å². The standard InChI is InChI=1S/C31H44N4OS.3ClH/c1-3-22(4-2)27-19-24(23-11-6-5-7-12-23)14-18-35(27)29(36)25-20-32-21-31(25)15-10-13-26-28(31)37-30(33-26)34-16-8-9-17-34;;;/h5-7,11-12,22,24-25,27,32H,3-4,8-10,13-21H2,1-2H3;3*1H/t24-,25+,27+,31-;;;/m1.../s1. The van der Waals surface area contributed by atoms with Gasteiger partial charge in [-0.05, 0) is 54.4 Å². The van der Waals surface area contributed by atoms with Crippen LogP contribution >= 0.6 is 11.3 Å². The van der Waals surface area contributed by atoms with Gasteiger partial charge in [0.15, 0.2) is 5.69 Å². The van der Waals surface area contributed by atoms with Crippen LogP contribution in [0, 0.1) is 11.8 Å². The molecule has 6 rings (SSSR count). The number of fused-ring (bicyclic) bond motifs is 2. The van der Waals surface area contributed by atoms with Gasteiger partial charge in [0, 0.05) is 31.8 Å². The first kappa shape index (κ1) is 33.6. The van der Waals surface area contributed by atoms with E-state index in [9.17, 15) is 4.79 Å². The van der Waals surface area contributed by atoms with E-state index < -0.39 is 0 Å². The highest BCUT2D eigenvalue weighted by atomic mass is 35.5. The molecular formula is C31H47Cl3N4OS. The van der Waals surface area contributed by atoms with E-state index in [0.29, 0.717) is 23.8 Å². The summed E-state index contributed by atoms with van der Waals surface area (Å²) in [6, 6.07) is 11.4. The lowest BCUT2D eigenvalue weighted by Gasteiger charge is -2.45. The fourth-order valence-corrected chi connectivity index (χ4v) is 9.90. The third kappa shape index (κ3) is 6.09. The van der Waals surface area contributed by atoms with Crippen LogP contribution in [0.3, 0.4) is 0 Å². The molecule has 0 bridgehead atoms. The van der Waals surface area contributed by atoms with Crippen molar-refractivity contribution in [1.82, 2.24) is 4.90 Å². The normalized spacial score (nSPS) is 28.1. The summed E-state index contributed by atoms with van der Waals surface area (Å²) in [6.45, 7) is 10.1. The first-order chi connectivity index (χ1) is 18.1. The Morgan fingerprint density at radius 2 is 1.85 bits per heavy atom. The van der Waals surface area contributed by atoms with E-state index in [1.807, 2.05) is 11.3 Å². The van der Waals surface area contributed by atoms with Gasteiger partial charge in [-0.1, -0.05) is 57.0 Å². The minimum atomic E-state index is 0. The number of likely N-dealkylation sites (tertiary alicyclic amines) is 1. The second kappa shape index (κ2) is 14.5. The van der Waals surface area contributed by atoms with Gasteiger partial charge in [0.1, 0.15) is 5.92 Å². The smallest absolute Gasteiger partial charge is 0.427 e. The van der Waals surface area contributed by atoms with Gasteiger partial charge in [0.05, 0.1) is 36.5 Å². The highest BCUT2D eigenvalue weighted by Crippen LogP contribution is 2.47. The summed E-state index contributed by atoms with van der Waals surface area (Å²) in [5, 5.41) is 3.89. The van der Waals surface area contributed by atoms with Gasteiger partial charge in [0.2, 0.25) is 5.91 Å². The molecule has 224 valence electrons. The van der Waals surface area contributed by atoms with Gasteiger partial charge in [-0.2, -0.15) is 4.98 Å². The summed E-state index contributed by atoms with van der Waals surface area (Å²) in [6.07, 6.45) is 10.7. The Kier molecular flexibility index (Phi) is 12.2. The number of quaternary nitrogens is 2. The molecule has 2 aromatic rings. The molecular weight excluding hydrogens is 583 g/mol. The molecule has 0 saturated carbocycles. The second-order valence-corrected chi connectivity index (χ2v) is 13.3. The van der Waals surface area contributed by atoms with E-state index in [-0.39, 0.29) is 48.6 Å². The maximum absolute atomic E-state index is 14.6. The van der Waals surface area contributed by atoms with E-state index in [2.05, 4.69) is 59.4 Å². The fraction of sp³-hybridized carbons (Fsp3) is 0.677. The van der Waals surface area contributed by atoms with Crippen LogP contribution < -0.4 is 52.4 Å². The first-order valence-corrected chi connectivity index (χ1v) is 16.0. The molecule has 4 N–H and O–H groups in total. The summed E-state index contributed by atoms with van der Waals surface area (Å²) in [4.78, 5) is 24.1. The molecule has 1 aliphatic carbocycles. The predicted octanol–water partition coefficient (Wildman–Crippen LogP) is -6.14. The number of amides is 1. The van der Waals surface area contributed by atoms with E-state index in [0.717, 1.165) is 51.7 Å². The number of carbonyl (C=O) groups excluding carboxylic acids is 1. The monoisotopic (exact) mass is 628 g/mol. The zero-order chi connectivity index (χ0) is 25.4. The van der Waals surface area contributed by atoms with Gasteiger partial charge in [-0.25, -0.2) is 4.90 Å². The first-order valence-electron chi connectivity index (χ1n) is 15.2. The molecule has 9 heteroatoms. The number of rotatable bonds is 6. The number of nitrogens with two attached hydrogens (primary N) is 1. The molecule has 1 amide bonds. The van der Waals surface area contributed by atoms with Crippen molar-refractivity contribution in [2.24, 2.45) is 11.8 Å². The topological polar surface area (TPSA) is 55.5 Å². The Morgan fingerprint density at radius 3 is 2.55 bits per heavy atom. The predicted molar refractivity (Wildman–Crippen MR) is 148 cm³/mol. The maximum Gasteiger partial charge on any atom is 0.427 e. The number of halogens is 3. The van der Waals surface area contributed by atoms with Crippen molar-refractivity contribution in [3.05, 3.63) is 46.5 Å². The van der Waals surface area contributed by atoms with Crippen LogP contribution in [-0.4, -0.2) is 49.6 Å². The molecule has 40 heavy (non-hydrogen) atoms. The van der Waals surface area contributed by atoms with E-state index in [4.69, 9.17) is 0 Å². The largest absolute Gasteiger partial charge is 1.00 e. The molecule has 1 aromatic heterocycles. The van der Waals surface area contributed by atoms with Crippen molar-refractivity contribution >= 4 is 22.4 Å². The maximum atomic E-state index is 14.6. The minimum Gasteiger partial charge on any atom is -1.00 e. The number of thiazole rings is 1. The lowest BCUT2D eigenvalue weighted by molar-refractivity contribution is -0.851. The molecule has 4 aliphatic rings. The number of hydrogen-bond donors (Lipinski definition) is 2.